The van der Waals surface area contributed by atoms with Crippen LogP contribution >= 0.6 is 0 Å². The summed E-state index contributed by atoms with van der Waals surface area (Å²) in [5, 5.41) is 22.7. The number of H-pyrrole nitrogens is 2. The van der Waals surface area contributed by atoms with Crippen LogP contribution in [-0.2, 0) is 6.42 Å². The summed E-state index contributed by atoms with van der Waals surface area (Å²) in [6.45, 7) is 2.16. The lowest BCUT2D eigenvalue weighted by molar-refractivity contribution is -0.384. The number of fused-ring (bicyclic) bond motifs is 1. The van der Waals surface area contributed by atoms with Gasteiger partial charge in [0.25, 0.3) is 5.69 Å². The molecule has 8 nitrogen and oxygen atoms in total. The summed E-state index contributed by atoms with van der Waals surface area (Å²) < 4.78 is 0. The lowest BCUT2D eigenvalue weighted by Crippen LogP contribution is -2.03. The molecular weight excluding hydrogens is 454 g/mol. The third-order valence-electron chi connectivity index (χ3n) is 6.07. The highest BCUT2D eigenvalue weighted by molar-refractivity contribution is 6.22. The average Bonchev–Trinajstić information content (AvgIpc) is 3.50. The van der Waals surface area contributed by atoms with E-state index in [1.165, 1.54) is 12.1 Å². The summed E-state index contributed by atoms with van der Waals surface area (Å²) in [7, 11) is 0. The van der Waals surface area contributed by atoms with Crippen LogP contribution in [0.15, 0.2) is 84.0 Å². The Morgan fingerprint density at radius 2 is 1.83 bits per heavy atom. The topological polar surface area (TPSA) is 120 Å². The van der Waals surface area contributed by atoms with Gasteiger partial charge in [-0.1, -0.05) is 55.8 Å². The van der Waals surface area contributed by atoms with E-state index < -0.39 is 4.92 Å². The smallest absolute Gasteiger partial charge is 0.270 e. The van der Waals surface area contributed by atoms with Crippen molar-refractivity contribution in [3.05, 3.63) is 106 Å². The Morgan fingerprint density at radius 3 is 2.56 bits per heavy atom. The number of aryl methyl sites for hydroxylation is 1. The van der Waals surface area contributed by atoms with Crippen molar-refractivity contribution in [2.45, 2.75) is 26.2 Å². The Bertz CT molecular complexity index is 1550. The number of benzene rings is 3. The van der Waals surface area contributed by atoms with Gasteiger partial charge in [0.1, 0.15) is 5.82 Å². The van der Waals surface area contributed by atoms with Crippen LogP contribution in [-0.4, -0.2) is 30.7 Å². The monoisotopic (exact) mass is 479 g/mol. The molecule has 3 aromatic carbocycles. The highest BCUT2D eigenvalue weighted by atomic mass is 16.6. The summed E-state index contributed by atoms with van der Waals surface area (Å²) in [4.78, 5) is 26.6. The van der Waals surface area contributed by atoms with E-state index in [1.54, 1.807) is 6.07 Å². The fourth-order valence-corrected chi connectivity index (χ4v) is 4.20. The zero-order valence-electron chi connectivity index (χ0n) is 19.7. The molecule has 0 aliphatic carbocycles. The first kappa shape index (κ1) is 23.0. The van der Waals surface area contributed by atoms with Gasteiger partial charge in [-0.2, -0.15) is 0 Å². The minimum atomic E-state index is -0.450. The van der Waals surface area contributed by atoms with Gasteiger partial charge in [-0.05, 0) is 30.2 Å². The quantitative estimate of drug-likeness (QED) is 0.130. The van der Waals surface area contributed by atoms with Crippen molar-refractivity contribution in [2.24, 2.45) is 4.99 Å². The second-order valence-corrected chi connectivity index (χ2v) is 8.56. The summed E-state index contributed by atoms with van der Waals surface area (Å²) >= 11 is 0. The van der Waals surface area contributed by atoms with Crippen molar-refractivity contribution >= 4 is 28.0 Å². The van der Waals surface area contributed by atoms with Gasteiger partial charge in [-0.25, -0.2) is 9.98 Å². The SMILES string of the molecule is CCCCc1ncc(-c2ccc(N=C(c3ccccc3)c3c(O)[nH]c4ccc([N+](=O)[O-])cc34)cc2)[nH]1. The van der Waals surface area contributed by atoms with Crippen molar-refractivity contribution in [1.29, 1.82) is 0 Å². The van der Waals surface area contributed by atoms with Crippen molar-refractivity contribution in [3.8, 4) is 17.1 Å². The van der Waals surface area contributed by atoms with Gasteiger partial charge in [-0.3, -0.25) is 10.1 Å². The number of nitro benzene ring substituents is 1. The molecule has 36 heavy (non-hydrogen) atoms. The molecule has 0 bridgehead atoms. The van der Waals surface area contributed by atoms with Gasteiger partial charge in [0.05, 0.1) is 33.8 Å². The Morgan fingerprint density at radius 1 is 1.06 bits per heavy atom. The number of non-ortho nitro benzene ring substituents is 1. The molecule has 0 fully saturated rings. The number of nitrogens with one attached hydrogen (secondary N) is 2. The Kier molecular flexibility index (Phi) is 6.32. The second kappa shape index (κ2) is 9.87. The molecule has 5 aromatic rings. The third-order valence-corrected chi connectivity index (χ3v) is 6.07. The van der Waals surface area contributed by atoms with Crippen LogP contribution in [0.3, 0.4) is 0 Å². The predicted octanol–water partition coefficient (Wildman–Crippen LogP) is 6.68. The van der Waals surface area contributed by atoms with Gasteiger partial charge in [0.2, 0.25) is 0 Å². The van der Waals surface area contributed by atoms with Crippen LogP contribution in [0.4, 0.5) is 11.4 Å². The van der Waals surface area contributed by atoms with Crippen molar-refractivity contribution in [1.82, 2.24) is 15.0 Å². The minimum absolute atomic E-state index is 0.0580. The summed E-state index contributed by atoms with van der Waals surface area (Å²) in [6, 6.07) is 21.7. The lowest BCUT2D eigenvalue weighted by atomic mass is 10.0. The number of rotatable bonds is 8. The number of imidazole rings is 1. The highest BCUT2D eigenvalue weighted by Gasteiger charge is 2.21. The van der Waals surface area contributed by atoms with E-state index in [0.717, 1.165) is 41.9 Å². The Hall–Kier alpha value is -4.72. The fraction of sp³-hybridized carbons (Fsp3) is 0.143. The zero-order chi connectivity index (χ0) is 25.1. The van der Waals surface area contributed by atoms with Gasteiger partial charge < -0.3 is 15.1 Å². The number of aromatic nitrogens is 3. The normalized spacial score (nSPS) is 11.8. The fourth-order valence-electron chi connectivity index (χ4n) is 4.20. The molecule has 2 heterocycles. The molecule has 0 amide bonds. The summed E-state index contributed by atoms with van der Waals surface area (Å²) in [6.07, 6.45) is 4.97. The van der Waals surface area contributed by atoms with Crippen molar-refractivity contribution in [2.75, 3.05) is 0 Å². The van der Waals surface area contributed by atoms with Gasteiger partial charge >= 0.3 is 0 Å². The van der Waals surface area contributed by atoms with Crippen LogP contribution in [0.2, 0.25) is 0 Å². The number of hydrogen-bond donors (Lipinski definition) is 3. The number of hydrogen-bond acceptors (Lipinski definition) is 5. The molecule has 3 N–H and O–H groups in total. The van der Waals surface area contributed by atoms with Gasteiger partial charge in [0, 0.05) is 35.0 Å². The van der Waals surface area contributed by atoms with Gasteiger partial charge in [-0.15, -0.1) is 0 Å². The first-order valence-electron chi connectivity index (χ1n) is 11.8. The first-order chi connectivity index (χ1) is 17.5. The van der Waals surface area contributed by atoms with Crippen LogP contribution in [0, 0.1) is 10.1 Å². The van der Waals surface area contributed by atoms with E-state index in [0.29, 0.717) is 27.9 Å². The van der Waals surface area contributed by atoms with E-state index in [2.05, 4.69) is 21.9 Å². The maximum atomic E-state index is 11.4. The van der Waals surface area contributed by atoms with Crippen LogP contribution < -0.4 is 0 Å². The Balaban J connectivity index is 1.57. The van der Waals surface area contributed by atoms with E-state index in [-0.39, 0.29) is 11.6 Å². The maximum absolute atomic E-state index is 11.4. The average molecular weight is 480 g/mol. The first-order valence-corrected chi connectivity index (χ1v) is 11.8. The van der Waals surface area contributed by atoms with Crippen LogP contribution in [0.1, 0.15) is 36.7 Å². The number of nitro groups is 1. The molecule has 0 aliphatic rings. The van der Waals surface area contributed by atoms with Crippen molar-refractivity contribution < 1.29 is 10.0 Å². The van der Waals surface area contributed by atoms with Crippen LogP contribution in [0.5, 0.6) is 5.88 Å². The number of aromatic hydroxyl groups is 1. The molecule has 0 spiro atoms. The molecule has 8 heteroatoms. The molecule has 0 atom stereocenters. The molecular formula is C28H25N5O3. The standard InChI is InChI=1S/C28H25N5O3/c1-2-3-9-25-29-17-24(31-25)18-10-12-20(13-11-18)30-27(19-7-5-4-6-8-19)26-22-16-21(33(35)36)14-15-23(22)32-28(26)34/h4-8,10-17,32,34H,2-3,9H2,1H3,(H,29,31). The molecule has 5 rings (SSSR count). The largest absolute Gasteiger partial charge is 0.494 e. The number of aliphatic imine (C=N–C) groups is 1. The van der Waals surface area contributed by atoms with E-state index in [4.69, 9.17) is 4.99 Å². The zero-order valence-corrected chi connectivity index (χ0v) is 19.7. The molecule has 0 saturated carbocycles. The van der Waals surface area contributed by atoms with Gasteiger partial charge in [0.15, 0.2) is 5.88 Å². The molecule has 0 saturated heterocycles. The number of unbranched alkanes of at least 4 members (excludes halogenated alkanes) is 1. The molecule has 2 aromatic heterocycles. The van der Waals surface area contributed by atoms with Crippen LogP contribution in [0.25, 0.3) is 22.2 Å². The molecule has 180 valence electrons. The Labute approximate surface area is 207 Å². The molecule has 0 radical (unpaired) electrons. The third kappa shape index (κ3) is 4.61. The van der Waals surface area contributed by atoms with E-state index in [9.17, 15) is 15.2 Å². The van der Waals surface area contributed by atoms with E-state index >= 15 is 0 Å². The minimum Gasteiger partial charge on any atom is -0.494 e. The molecule has 0 aliphatic heterocycles. The maximum Gasteiger partial charge on any atom is 0.270 e. The number of nitrogens with zero attached hydrogens (tertiary/aromatic N) is 3. The van der Waals surface area contributed by atoms with E-state index in [1.807, 2.05) is 60.8 Å². The summed E-state index contributed by atoms with van der Waals surface area (Å²) in [5.41, 5.74) is 4.86. The highest BCUT2D eigenvalue weighted by Crippen LogP contribution is 2.34. The molecule has 0 unspecified atom stereocenters. The number of aromatic amines is 2. The second-order valence-electron chi connectivity index (χ2n) is 8.56. The predicted molar refractivity (Wildman–Crippen MR) is 141 cm³/mol. The lowest BCUT2D eigenvalue weighted by Gasteiger charge is -2.08. The van der Waals surface area contributed by atoms with Crippen molar-refractivity contribution in [3.63, 3.8) is 0 Å². The summed E-state index contributed by atoms with van der Waals surface area (Å²) in [5.74, 6) is 0.881.